The Hall–Kier alpha value is -1.59. The van der Waals surface area contributed by atoms with E-state index in [9.17, 15) is 4.79 Å². The number of methoxy groups -OCH3 is 1. The molecule has 1 saturated heterocycles. The Kier molecular flexibility index (Phi) is 5.74. The van der Waals surface area contributed by atoms with Crippen molar-refractivity contribution in [2.24, 2.45) is 5.92 Å². The molecule has 0 bridgehead atoms. The average Bonchev–Trinajstić information content (AvgIpc) is 3.07. The first-order chi connectivity index (χ1) is 11.6. The third kappa shape index (κ3) is 4.48. The van der Waals surface area contributed by atoms with Crippen molar-refractivity contribution < 1.29 is 14.3 Å². The molecule has 1 aromatic rings. The summed E-state index contributed by atoms with van der Waals surface area (Å²) in [6.45, 7) is 3.61. The van der Waals surface area contributed by atoms with Gasteiger partial charge in [-0.1, -0.05) is 12.8 Å². The van der Waals surface area contributed by atoms with Crippen molar-refractivity contribution in [1.29, 1.82) is 0 Å². The molecule has 1 heterocycles. The van der Waals surface area contributed by atoms with Gasteiger partial charge in [-0.3, -0.25) is 4.79 Å². The SMILES string of the molecule is COC1CN(c2ccc(NC(=O)CC3CCCC3)cc2)CC(C)O1. The molecule has 1 N–H and O–H groups in total. The molecule has 5 nitrogen and oxygen atoms in total. The maximum atomic E-state index is 12.1. The van der Waals surface area contributed by atoms with E-state index in [2.05, 4.69) is 29.3 Å². The van der Waals surface area contributed by atoms with Crippen LogP contribution in [0.3, 0.4) is 0 Å². The van der Waals surface area contributed by atoms with Gasteiger partial charge in [-0.25, -0.2) is 0 Å². The summed E-state index contributed by atoms with van der Waals surface area (Å²) in [6.07, 6.45) is 5.53. The van der Waals surface area contributed by atoms with E-state index < -0.39 is 0 Å². The van der Waals surface area contributed by atoms with Gasteiger partial charge in [0.15, 0.2) is 6.29 Å². The number of benzene rings is 1. The van der Waals surface area contributed by atoms with Crippen LogP contribution >= 0.6 is 0 Å². The zero-order valence-corrected chi connectivity index (χ0v) is 14.7. The van der Waals surface area contributed by atoms with E-state index in [1.165, 1.54) is 25.7 Å². The summed E-state index contributed by atoms with van der Waals surface area (Å²) in [4.78, 5) is 14.4. The molecule has 2 atom stereocenters. The number of amides is 1. The maximum absolute atomic E-state index is 12.1. The molecule has 1 aromatic carbocycles. The van der Waals surface area contributed by atoms with Gasteiger partial charge >= 0.3 is 0 Å². The summed E-state index contributed by atoms with van der Waals surface area (Å²) in [6, 6.07) is 8.06. The Bertz CT molecular complexity index is 540. The molecule has 1 saturated carbocycles. The quantitative estimate of drug-likeness (QED) is 0.898. The molecule has 132 valence electrons. The van der Waals surface area contributed by atoms with Crippen molar-refractivity contribution >= 4 is 17.3 Å². The highest BCUT2D eigenvalue weighted by Crippen LogP contribution is 2.28. The molecule has 2 aliphatic rings. The molecule has 0 aromatic heterocycles. The number of nitrogens with one attached hydrogen (secondary N) is 1. The second-order valence-electron chi connectivity index (χ2n) is 6.97. The summed E-state index contributed by atoms with van der Waals surface area (Å²) in [5, 5.41) is 3.02. The number of rotatable bonds is 5. The topological polar surface area (TPSA) is 50.8 Å². The van der Waals surface area contributed by atoms with Crippen LogP contribution in [0, 0.1) is 5.92 Å². The molecule has 1 amide bonds. The van der Waals surface area contributed by atoms with E-state index in [1.807, 2.05) is 12.1 Å². The van der Waals surface area contributed by atoms with E-state index in [-0.39, 0.29) is 18.3 Å². The molecular formula is C19H28N2O3. The number of hydrogen-bond donors (Lipinski definition) is 1. The number of nitrogens with zero attached hydrogens (tertiary/aromatic N) is 1. The highest BCUT2D eigenvalue weighted by Gasteiger charge is 2.25. The van der Waals surface area contributed by atoms with E-state index in [4.69, 9.17) is 9.47 Å². The highest BCUT2D eigenvalue weighted by atomic mass is 16.7. The minimum atomic E-state index is -0.195. The molecule has 2 fully saturated rings. The van der Waals surface area contributed by atoms with Crippen molar-refractivity contribution in [2.45, 2.75) is 51.4 Å². The molecular weight excluding hydrogens is 304 g/mol. The standard InChI is InChI=1S/C19H28N2O3/c1-14-12-21(13-19(23-2)24-14)17-9-7-16(8-10-17)20-18(22)11-15-5-3-4-6-15/h7-10,14-15,19H,3-6,11-13H2,1-2H3,(H,20,22). The van der Waals surface area contributed by atoms with Gasteiger partial charge in [-0.05, 0) is 49.9 Å². The van der Waals surface area contributed by atoms with Crippen molar-refractivity contribution in [3.8, 4) is 0 Å². The zero-order chi connectivity index (χ0) is 16.9. The summed E-state index contributed by atoms with van der Waals surface area (Å²) < 4.78 is 11.0. The summed E-state index contributed by atoms with van der Waals surface area (Å²) in [5.41, 5.74) is 1.99. The fourth-order valence-electron chi connectivity index (χ4n) is 3.70. The average molecular weight is 332 g/mol. The summed E-state index contributed by atoms with van der Waals surface area (Å²) in [5.74, 6) is 0.708. The van der Waals surface area contributed by atoms with Crippen molar-refractivity contribution in [3.63, 3.8) is 0 Å². The highest BCUT2D eigenvalue weighted by molar-refractivity contribution is 5.91. The normalized spacial score (nSPS) is 25.0. The predicted molar refractivity (Wildman–Crippen MR) is 95.2 cm³/mol. The Labute approximate surface area is 144 Å². The Morgan fingerprint density at radius 2 is 1.96 bits per heavy atom. The van der Waals surface area contributed by atoms with Crippen LogP contribution in [0.1, 0.15) is 39.0 Å². The Morgan fingerprint density at radius 3 is 2.62 bits per heavy atom. The lowest BCUT2D eigenvalue weighted by molar-refractivity contribution is -0.157. The molecule has 5 heteroatoms. The van der Waals surface area contributed by atoms with Crippen LogP contribution in [-0.4, -0.2) is 38.5 Å². The van der Waals surface area contributed by atoms with Crippen molar-refractivity contribution in [2.75, 3.05) is 30.4 Å². The molecule has 0 radical (unpaired) electrons. The fourth-order valence-corrected chi connectivity index (χ4v) is 3.70. The molecule has 1 aliphatic heterocycles. The first-order valence-corrected chi connectivity index (χ1v) is 8.97. The van der Waals surface area contributed by atoms with Gasteiger partial charge in [0.05, 0.1) is 12.6 Å². The van der Waals surface area contributed by atoms with Gasteiger partial charge in [-0.2, -0.15) is 0 Å². The number of carbonyl (C=O) groups excluding carboxylic acids is 1. The van der Waals surface area contributed by atoms with E-state index in [0.29, 0.717) is 18.9 Å². The fraction of sp³-hybridized carbons (Fsp3) is 0.632. The van der Waals surface area contributed by atoms with Crippen LogP contribution in [-0.2, 0) is 14.3 Å². The van der Waals surface area contributed by atoms with Gasteiger partial charge < -0.3 is 19.7 Å². The first-order valence-electron chi connectivity index (χ1n) is 8.97. The smallest absolute Gasteiger partial charge is 0.224 e. The number of anilines is 2. The maximum Gasteiger partial charge on any atom is 0.224 e. The minimum Gasteiger partial charge on any atom is -0.364 e. The number of hydrogen-bond acceptors (Lipinski definition) is 4. The second-order valence-corrected chi connectivity index (χ2v) is 6.97. The molecule has 2 unspecified atom stereocenters. The Balaban J connectivity index is 1.55. The van der Waals surface area contributed by atoms with Gasteiger partial charge in [-0.15, -0.1) is 0 Å². The number of morpholine rings is 1. The van der Waals surface area contributed by atoms with Gasteiger partial charge in [0.25, 0.3) is 0 Å². The molecule has 24 heavy (non-hydrogen) atoms. The predicted octanol–water partition coefficient (Wildman–Crippen LogP) is 3.40. The van der Waals surface area contributed by atoms with Crippen molar-refractivity contribution in [1.82, 2.24) is 0 Å². The van der Waals surface area contributed by atoms with Crippen LogP contribution < -0.4 is 10.2 Å². The van der Waals surface area contributed by atoms with Gasteiger partial charge in [0, 0.05) is 31.5 Å². The zero-order valence-electron chi connectivity index (χ0n) is 14.7. The van der Waals surface area contributed by atoms with Crippen LogP contribution in [0.2, 0.25) is 0 Å². The first kappa shape index (κ1) is 17.2. The second kappa shape index (κ2) is 7.99. The third-order valence-electron chi connectivity index (χ3n) is 4.96. The largest absolute Gasteiger partial charge is 0.364 e. The lowest BCUT2D eigenvalue weighted by atomic mass is 10.0. The van der Waals surface area contributed by atoms with Gasteiger partial charge in [0.1, 0.15) is 0 Å². The lowest BCUT2D eigenvalue weighted by Gasteiger charge is -2.37. The van der Waals surface area contributed by atoms with Gasteiger partial charge in [0.2, 0.25) is 5.91 Å². The van der Waals surface area contributed by atoms with Crippen LogP contribution in [0.5, 0.6) is 0 Å². The minimum absolute atomic E-state index is 0.133. The molecule has 3 rings (SSSR count). The molecule has 0 spiro atoms. The number of ether oxygens (including phenoxy) is 2. The number of carbonyl (C=O) groups is 1. The Morgan fingerprint density at radius 1 is 1.25 bits per heavy atom. The summed E-state index contributed by atoms with van der Waals surface area (Å²) >= 11 is 0. The summed E-state index contributed by atoms with van der Waals surface area (Å²) in [7, 11) is 1.67. The van der Waals surface area contributed by atoms with E-state index in [1.54, 1.807) is 7.11 Å². The van der Waals surface area contributed by atoms with E-state index in [0.717, 1.165) is 17.9 Å². The van der Waals surface area contributed by atoms with E-state index >= 15 is 0 Å². The monoisotopic (exact) mass is 332 g/mol. The third-order valence-corrected chi connectivity index (χ3v) is 4.96. The van der Waals surface area contributed by atoms with Crippen LogP contribution in [0.4, 0.5) is 11.4 Å². The van der Waals surface area contributed by atoms with Crippen molar-refractivity contribution in [3.05, 3.63) is 24.3 Å². The van der Waals surface area contributed by atoms with Crippen LogP contribution in [0.15, 0.2) is 24.3 Å². The lowest BCUT2D eigenvalue weighted by Crippen LogP contribution is -2.47. The van der Waals surface area contributed by atoms with Crippen LogP contribution in [0.25, 0.3) is 0 Å². The molecule has 1 aliphatic carbocycles.